The van der Waals surface area contributed by atoms with Crippen molar-refractivity contribution in [3.05, 3.63) is 0 Å². The molecule has 4 aliphatic rings. The highest BCUT2D eigenvalue weighted by molar-refractivity contribution is 4.80. The summed E-state index contributed by atoms with van der Waals surface area (Å²) in [5.41, 5.74) is 2.21. The van der Waals surface area contributed by atoms with E-state index in [0.29, 0.717) is 27.6 Å². The topological polar surface area (TPSA) is 49.4 Å². The Hall–Kier alpha value is -0.240. The van der Waals surface area contributed by atoms with E-state index in [1.165, 1.54) is 45.2 Å². The SMILES string of the molecule is CC(C)(C)C1CCOC1.CC(C)(C)C1CCOCC1.CC(C)(C)C1COC1.CN1CCC(C(C)(C)C)CC1.COCC(COC)C(C)(C)C. The van der Waals surface area contributed by atoms with Crippen molar-refractivity contribution in [2.24, 2.45) is 56.7 Å². The number of nitrogens with zero attached hydrogens (tertiary/aromatic N) is 1. The van der Waals surface area contributed by atoms with Gasteiger partial charge in [-0.2, -0.15) is 0 Å². The minimum absolute atomic E-state index is 0.270. The number of rotatable bonds is 4. The molecule has 4 fully saturated rings. The van der Waals surface area contributed by atoms with Crippen LogP contribution in [-0.2, 0) is 23.7 Å². The number of methoxy groups -OCH3 is 2. The first kappa shape index (κ1) is 48.8. The van der Waals surface area contributed by atoms with Gasteiger partial charge < -0.3 is 28.6 Å². The standard InChI is InChI=1S/C10H21N.C9H20O2.C9H18O.C8H16O.C7H14O/c1-10(2,3)9-5-7-11(4)8-6-9;1-9(2,3)8(6-10-4)7-11-5;1-9(2,3)8-4-6-10-7-5-8;1-8(2,3)7-4-5-9-6-7;1-7(2,3)6-4-8-5-6/h9H,5-8H2,1-4H3;8H,6-7H2,1-5H3;8H,4-7H2,1-3H3;7H,4-6H2,1-3H3;6H,4-5H2,1-3H3. The molecule has 49 heavy (non-hydrogen) atoms. The zero-order valence-corrected chi connectivity index (χ0v) is 36.5. The zero-order chi connectivity index (χ0) is 38.1. The van der Waals surface area contributed by atoms with Gasteiger partial charge in [0.15, 0.2) is 0 Å². The van der Waals surface area contributed by atoms with E-state index in [-0.39, 0.29) is 5.41 Å². The third-order valence-electron chi connectivity index (χ3n) is 11.4. The van der Waals surface area contributed by atoms with Crippen LogP contribution in [0.2, 0.25) is 0 Å². The van der Waals surface area contributed by atoms with Gasteiger partial charge in [-0.1, -0.05) is 104 Å². The normalized spacial score (nSPS) is 22.0. The lowest BCUT2D eigenvalue weighted by Crippen LogP contribution is -2.37. The maximum Gasteiger partial charge on any atom is 0.0521 e. The van der Waals surface area contributed by atoms with Crippen LogP contribution >= 0.6 is 0 Å². The van der Waals surface area contributed by atoms with Gasteiger partial charge in [0.05, 0.1) is 26.4 Å². The number of hydrogen-bond acceptors (Lipinski definition) is 6. The molecule has 4 rings (SSSR count). The van der Waals surface area contributed by atoms with Gasteiger partial charge in [-0.05, 0) is 97.1 Å². The molecule has 1 unspecified atom stereocenters. The third kappa shape index (κ3) is 22.4. The van der Waals surface area contributed by atoms with Crippen LogP contribution in [0.25, 0.3) is 0 Å². The molecule has 0 aromatic heterocycles. The van der Waals surface area contributed by atoms with Gasteiger partial charge >= 0.3 is 0 Å². The second-order valence-corrected chi connectivity index (χ2v) is 20.7. The Balaban J connectivity index is 0.000000590. The molecule has 4 heterocycles. The van der Waals surface area contributed by atoms with Crippen LogP contribution in [0.15, 0.2) is 0 Å². The summed E-state index contributed by atoms with van der Waals surface area (Å²) in [6, 6.07) is 0. The molecule has 296 valence electrons. The Kier molecular flexibility index (Phi) is 22.6. The van der Waals surface area contributed by atoms with Crippen molar-refractivity contribution >= 4 is 0 Å². The third-order valence-corrected chi connectivity index (χ3v) is 11.4. The maximum atomic E-state index is 5.29. The molecule has 0 amide bonds. The molecule has 6 heteroatoms. The lowest BCUT2D eigenvalue weighted by atomic mass is 9.75. The summed E-state index contributed by atoms with van der Waals surface area (Å²) in [5.74, 6) is 3.90. The van der Waals surface area contributed by atoms with E-state index in [1.807, 2.05) is 0 Å². The monoisotopic (exact) mass is 700 g/mol. The Bertz CT molecular complexity index is 781. The van der Waals surface area contributed by atoms with E-state index in [4.69, 9.17) is 23.7 Å². The average molecular weight is 700 g/mol. The van der Waals surface area contributed by atoms with E-state index in [9.17, 15) is 0 Å². The molecule has 4 saturated heterocycles. The molecule has 4 aliphatic heterocycles. The van der Waals surface area contributed by atoms with Crippen molar-refractivity contribution < 1.29 is 23.7 Å². The van der Waals surface area contributed by atoms with Crippen LogP contribution in [0.1, 0.15) is 136 Å². The molecule has 0 bridgehead atoms. The number of ether oxygens (including phenoxy) is 5. The van der Waals surface area contributed by atoms with Crippen LogP contribution in [0.5, 0.6) is 0 Å². The summed E-state index contributed by atoms with van der Waals surface area (Å²) >= 11 is 0. The lowest BCUT2D eigenvalue weighted by Gasteiger charge is -2.37. The Morgan fingerprint density at radius 2 is 0.837 bits per heavy atom. The molecule has 0 aromatic carbocycles. The molecular formula is C43H89NO5. The highest BCUT2D eigenvalue weighted by Crippen LogP contribution is 2.35. The van der Waals surface area contributed by atoms with Crippen molar-refractivity contribution in [3.63, 3.8) is 0 Å². The summed E-state index contributed by atoms with van der Waals surface area (Å²) in [5, 5.41) is 0. The summed E-state index contributed by atoms with van der Waals surface area (Å²) in [6.07, 6.45) is 6.54. The van der Waals surface area contributed by atoms with Crippen molar-refractivity contribution in [3.8, 4) is 0 Å². The molecule has 0 aliphatic carbocycles. The van der Waals surface area contributed by atoms with Crippen molar-refractivity contribution in [1.29, 1.82) is 0 Å². The number of hydrogen-bond donors (Lipinski definition) is 0. The van der Waals surface area contributed by atoms with Gasteiger partial charge in [-0.3, -0.25) is 0 Å². The van der Waals surface area contributed by atoms with Crippen LogP contribution < -0.4 is 0 Å². The maximum absolute atomic E-state index is 5.29. The second kappa shape index (κ2) is 22.7. The van der Waals surface area contributed by atoms with Gasteiger partial charge in [0.1, 0.15) is 0 Å². The van der Waals surface area contributed by atoms with Gasteiger partial charge in [0, 0.05) is 52.5 Å². The molecule has 6 nitrogen and oxygen atoms in total. The van der Waals surface area contributed by atoms with Crippen LogP contribution in [0.3, 0.4) is 0 Å². The van der Waals surface area contributed by atoms with Gasteiger partial charge in [-0.25, -0.2) is 0 Å². The average Bonchev–Trinajstić information content (AvgIpc) is 3.48. The summed E-state index contributed by atoms with van der Waals surface area (Å²) in [7, 11) is 5.68. The fraction of sp³-hybridized carbons (Fsp3) is 1.00. The van der Waals surface area contributed by atoms with Crippen LogP contribution in [-0.4, -0.2) is 92.1 Å². The lowest BCUT2D eigenvalue weighted by molar-refractivity contribution is -0.0821. The Morgan fingerprint density at radius 1 is 0.490 bits per heavy atom. The first-order valence-corrected chi connectivity index (χ1v) is 19.7. The highest BCUT2D eigenvalue weighted by Gasteiger charge is 2.31. The highest BCUT2D eigenvalue weighted by atomic mass is 16.5. The van der Waals surface area contributed by atoms with Crippen LogP contribution in [0, 0.1) is 56.7 Å². The van der Waals surface area contributed by atoms with Gasteiger partial charge in [-0.15, -0.1) is 0 Å². The fourth-order valence-corrected chi connectivity index (χ4v) is 6.34. The van der Waals surface area contributed by atoms with E-state index in [2.05, 4.69) is 116 Å². The van der Waals surface area contributed by atoms with Crippen molar-refractivity contribution in [2.75, 3.05) is 87.2 Å². The molecule has 1 atom stereocenters. The second-order valence-electron chi connectivity index (χ2n) is 20.7. The van der Waals surface area contributed by atoms with E-state index in [0.717, 1.165) is 76.5 Å². The number of piperidine rings is 1. The molecule has 0 saturated carbocycles. The summed E-state index contributed by atoms with van der Waals surface area (Å²) < 4.78 is 25.8. The molecule has 0 N–H and O–H groups in total. The minimum Gasteiger partial charge on any atom is -0.384 e. The fourth-order valence-electron chi connectivity index (χ4n) is 6.34. The smallest absolute Gasteiger partial charge is 0.0521 e. The van der Waals surface area contributed by atoms with Gasteiger partial charge in [0.25, 0.3) is 0 Å². The van der Waals surface area contributed by atoms with Crippen LogP contribution in [0.4, 0.5) is 0 Å². The largest absolute Gasteiger partial charge is 0.384 e. The molecule has 0 aromatic rings. The predicted octanol–water partition coefficient (Wildman–Crippen LogP) is 10.5. The van der Waals surface area contributed by atoms with E-state index < -0.39 is 0 Å². The minimum atomic E-state index is 0.270. The Morgan fingerprint density at radius 3 is 1.06 bits per heavy atom. The Labute approximate surface area is 307 Å². The van der Waals surface area contributed by atoms with Crippen molar-refractivity contribution in [2.45, 2.75) is 136 Å². The zero-order valence-electron chi connectivity index (χ0n) is 36.5. The summed E-state index contributed by atoms with van der Waals surface area (Å²) in [6.45, 7) is 44.3. The predicted molar refractivity (Wildman–Crippen MR) is 212 cm³/mol. The van der Waals surface area contributed by atoms with Gasteiger partial charge in [0.2, 0.25) is 0 Å². The summed E-state index contributed by atoms with van der Waals surface area (Å²) in [4.78, 5) is 2.43. The quantitative estimate of drug-likeness (QED) is 0.291. The van der Waals surface area contributed by atoms with E-state index in [1.54, 1.807) is 14.2 Å². The molecule has 0 spiro atoms. The number of likely N-dealkylation sites (tertiary alicyclic amines) is 1. The molecule has 0 radical (unpaired) electrons. The van der Waals surface area contributed by atoms with E-state index >= 15 is 0 Å². The first-order valence-electron chi connectivity index (χ1n) is 19.7. The molecular weight excluding hydrogens is 610 g/mol. The van der Waals surface area contributed by atoms with Crippen molar-refractivity contribution in [1.82, 2.24) is 4.90 Å². The first-order chi connectivity index (χ1) is 22.3.